The summed E-state index contributed by atoms with van der Waals surface area (Å²) in [6, 6.07) is 15.3. The van der Waals surface area contributed by atoms with Crippen molar-refractivity contribution in [2.45, 2.75) is 51.0 Å². The topological polar surface area (TPSA) is 84.7 Å². The molecule has 3 heterocycles. The SMILES string of the molecule is Cc1cccc(-c2sc(C3CC3)nc2C(=O)N2CCCC[C@H]2CNC(=O)Oc2cccc3occc23)c1. The van der Waals surface area contributed by atoms with Crippen LogP contribution in [0.5, 0.6) is 5.75 Å². The number of likely N-dealkylation sites (tertiary alicyclic amines) is 1. The van der Waals surface area contributed by atoms with Gasteiger partial charge in [-0.15, -0.1) is 11.3 Å². The maximum absolute atomic E-state index is 13.9. The molecule has 190 valence electrons. The molecule has 2 aliphatic rings. The standard InChI is InChI=1S/C29H29N3O4S/c1-18-6-4-7-20(16-18)26-25(31-27(37-26)19-11-12-19)28(33)32-14-3-2-8-21(32)17-30-29(34)36-24-10-5-9-23-22(24)13-15-35-23/h4-7,9-10,13,15-16,19,21H,2-3,8,11-12,14,17H2,1H3,(H,30,34)/t21-/m0/s1. The number of aryl methyl sites for hydroxylation is 1. The van der Waals surface area contributed by atoms with E-state index in [-0.39, 0.29) is 11.9 Å². The van der Waals surface area contributed by atoms with Gasteiger partial charge in [0.25, 0.3) is 5.91 Å². The molecule has 8 heteroatoms. The van der Waals surface area contributed by atoms with Crippen molar-refractivity contribution in [2.75, 3.05) is 13.1 Å². The van der Waals surface area contributed by atoms with Crippen LogP contribution in [0.2, 0.25) is 0 Å². The summed E-state index contributed by atoms with van der Waals surface area (Å²) in [5.41, 5.74) is 3.39. The van der Waals surface area contributed by atoms with Gasteiger partial charge in [-0.05, 0) is 62.8 Å². The van der Waals surface area contributed by atoms with Crippen molar-refractivity contribution in [3.8, 4) is 16.2 Å². The maximum atomic E-state index is 13.9. The molecule has 0 unspecified atom stereocenters. The number of nitrogens with one attached hydrogen (secondary N) is 1. The molecule has 0 bridgehead atoms. The fourth-order valence-electron chi connectivity index (χ4n) is 4.98. The van der Waals surface area contributed by atoms with Crippen LogP contribution in [0, 0.1) is 6.92 Å². The van der Waals surface area contributed by atoms with Crippen LogP contribution in [0.4, 0.5) is 4.79 Å². The van der Waals surface area contributed by atoms with Crippen LogP contribution in [0.25, 0.3) is 21.4 Å². The third kappa shape index (κ3) is 4.98. The average molecular weight is 516 g/mol. The lowest BCUT2D eigenvalue weighted by Crippen LogP contribution is -2.50. The minimum Gasteiger partial charge on any atom is -0.464 e. The second-order valence-electron chi connectivity index (χ2n) is 9.88. The van der Waals surface area contributed by atoms with Crippen LogP contribution in [0.3, 0.4) is 0 Å². The summed E-state index contributed by atoms with van der Waals surface area (Å²) in [5.74, 6) is 0.865. The number of piperidine rings is 1. The van der Waals surface area contributed by atoms with Gasteiger partial charge in [0.2, 0.25) is 0 Å². The molecule has 37 heavy (non-hydrogen) atoms. The zero-order chi connectivity index (χ0) is 25.4. The van der Waals surface area contributed by atoms with Gasteiger partial charge in [-0.3, -0.25) is 4.79 Å². The third-order valence-corrected chi connectivity index (χ3v) is 8.35. The molecule has 1 aliphatic carbocycles. The quantitative estimate of drug-likeness (QED) is 0.316. The number of nitrogens with zero attached hydrogens (tertiary/aromatic N) is 2. The van der Waals surface area contributed by atoms with E-state index in [1.807, 2.05) is 17.0 Å². The van der Waals surface area contributed by atoms with E-state index in [1.165, 1.54) is 0 Å². The van der Waals surface area contributed by atoms with Gasteiger partial charge in [-0.2, -0.15) is 0 Å². The van der Waals surface area contributed by atoms with Gasteiger partial charge in [-0.25, -0.2) is 9.78 Å². The van der Waals surface area contributed by atoms with Gasteiger partial charge in [0.1, 0.15) is 17.0 Å². The van der Waals surface area contributed by atoms with Crippen LogP contribution in [0.15, 0.2) is 59.2 Å². The number of amides is 2. The van der Waals surface area contributed by atoms with Crippen molar-refractivity contribution in [1.29, 1.82) is 0 Å². The first-order valence-corrected chi connectivity index (χ1v) is 13.7. The third-order valence-electron chi connectivity index (χ3n) is 7.08. The molecule has 0 radical (unpaired) electrons. The predicted octanol–water partition coefficient (Wildman–Crippen LogP) is 6.53. The van der Waals surface area contributed by atoms with E-state index in [0.717, 1.165) is 58.5 Å². The van der Waals surface area contributed by atoms with Gasteiger partial charge in [0, 0.05) is 25.0 Å². The summed E-state index contributed by atoms with van der Waals surface area (Å²) in [7, 11) is 0. The molecule has 1 saturated heterocycles. The van der Waals surface area contributed by atoms with E-state index < -0.39 is 6.09 Å². The molecule has 1 aliphatic heterocycles. The molecule has 7 nitrogen and oxygen atoms in total. The number of ether oxygens (including phenoxy) is 1. The normalized spacial score (nSPS) is 17.6. The number of hydrogen-bond donors (Lipinski definition) is 1. The van der Waals surface area contributed by atoms with Gasteiger partial charge < -0.3 is 19.4 Å². The Morgan fingerprint density at radius 3 is 2.84 bits per heavy atom. The van der Waals surface area contributed by atoms with Crippen molar-refractivity contribution < 1.29 is 18.7 Å². The first-order valence-electron chi connectivity index (χ1n) is 12.9. The molecule has 0 spiro atoms. The van der Waals surface area contributed by atoms with E-state index >= 15 is 0 Å². The van der Waals surface area contributed by atoms with Crippen molar-refractivity contribution in [2.24, 2.45) is 0 Å². The summed E-state index contributed by atoms with van der Waals surface area (Å²) in [6.45, 7) is 3.04. The fourth-order valence-corrected chi connectivity index (χ4v) is 6.20. The summed E-state index contributed by atoms with van der Waals surface area (Å²) in [6.07, 6.45) is 6.07. The lowest BCUT2D eigenvalue weighted by molar-refractivity contribution is 0.0607. The molecule has 4 aromatic rings. The van der Waals surface area contributed by atoms with Crippen LogP contribution in [-0.2, 0) is 0 Å². The number of furan rings is 1. The Morgan fingerprint density at radius 2 is 2.00 bits per heavy atom. The van der Waals surface area contributed by atoms with Crippen molar-refractivity contribution in [1.82, 2.24) is 15.2 Å². The van der Waals surface area contributed by atoms with Gasteiger partial charge in [0.05, 0.1) is 21.5 Å². The number of thiazole rings is 1. The van der Waals surface area contributed by atoms with Crippen LogP contribution in [-0.4, -0.2) is 41.0 Å². The number of rotatable bonds is 6. The number of benzene rings is 2. The van der Waals surface area contributed by atoms with Crippen molar-refractivity contribution in [3.05, 3.63) is 71.1 Å². The van der Waals surface area contributed by atoms with Gasteiger partial charge in [-0.1, -0.05) is 35.9 Å². The number of hydrogen-bond acceptors (Lipinski definition) is 6. The zero-order valence-corrected chi connectivity index (χ0v) is 21.6. The lowest BCUT2D eigenvalue weighted by Gasteiger charge is -2.35. The first-order chi connectivity index (χ1) is 18.1. The molecule has 2 aromatic carbocycles. The largest absolute Gasteiger partial charge is 0.464 e. The predicted molar refractivity (Wildman–Crippen MR) is 143 cm³/mol. The molecule has 2 fully saturated rings. The summed E-state index contributed by atoms with van der Waals surface area (Å²) < 4.78 is 10.9. The Hall–Kier alpha value is -3.65. The second kappa shape index (κ2) is 10.0. The van der Waals surface area contributed by atoms with Crippen LogP contribution in [0.1, 0.15) is 59.1 Å². The van der Waals surface area contributed by atoms with Gasteiger partial charge in [0.15, 0.2) is 0 Å². The minimum atomic E-state index is -0.545. The molecule has 1 atom stereocenters. The summed E-state index contributed by atoms with van der Waals surface area (Å²) in [4.78, 5) is 34.3. The zero-order valence-electron chi connectivity index (χ0n) is 20.7. The molecule has 1 N–H and O–H groups in total. The van der Waals surface area contributed by atoms with Crippen LogP contribution >= 0.6 is 11.3 Å². The van der Waals surface area contributed by atoms with E-state index in [9.17, 15) is 9.59 Å². The molecular weight excluding hydrogens is 486 g/mol. The smallest absolute Gasteiger partial charge is 0.412 e. The highest BCUT2D eigenvalue weighted by atomic mass is 32.1. The Labute approximate surface area is 219 Å². The number of carbonyl (C=O) groups is 2. The maximum Gasteiger partial charge on any atom is 0.412 e. The minimum absolute atomic E-state index is 0.0531. The summed E-state index contributed by atoms with van der Waals surface area (Å²) in [5, 5.41) is 4.68. The fraction of sp³-hybridized carbons (Fsp3) is 0.345. The van der Waals surface area contributed by atoms with Crippen LogP contribution < -0.4 is 10.1 Å². The highest BCUT2D eigenvalue weighted by Gasteiger charge is 2.34. The molecule has 1 saturated carbocycles. The number of carbonyl (C=O) groups excluding carboxylic acids is 2. The van der Waals surface area contributed by atoms with E-state index in [1.54, 1.807) is 35.8 Å². The van der Waals surface area contributed by atoms with E-state index in [4.69, 9.17) is 14.1 Å². The Kier molecular flexibility index (Phi) is 6.42. The monoisotopic (exact) mass is 515 g/mol. The molecular formula is C29H29N3O4S. The average Bonchev–Trinajstić information content (AvgIpc) is 3.47. The lowest BCUT2D eigenvalue weighted by atomic mass is 10.0. The van der Waals surface area contributed by atoms with Gasteiger partial charge >= 0.3 is 6.09 Å². The Bertz CT molecular complexity index is 1450. The Balaban J connectivity index is 1.19. The van der Waals surface area contributed by atoms with E-state index in [0.29, 0.717) is 36.0 Å². The Morgan fingerprint density at radius 1 is 1.14 bits per heavy atom. The number of fused-ring (bicyclic) bond motifs is 1. The molecule has 6 rings (SSSR count). The second-order valence-corrected chi connectivity index (χ2v) is 10.9. The van der Waals surface area contributed by atoms with Crippen molar-refractivity contribution >= 4 is 34.3 Å². The highest BCUT2D eigenvalue weighted by Crippen LogP contribution is 2.45. The molecule has 2 amide bonds. The summed E-state index contributed by atoms with van der Waals surface area (Å²) >= 11 is 1.65. The molecule has 2 aromatic heterocycles. The first kappa shape index (κ1) is 23.7. The number of aromatic nitrogens is 1. The highest BCUT2D eigenvalue weighted by molar-refractivity contribution is 7.15. The van der Waals surface area contributed by atoms with E-state index in [2.05, 4.69) is 30.4 Å². The van der Waals surface area contributed by atoms with Crippen molar-refractivity contribution in [3.63, 3.8) is 0 Å².